The first-order chi connectivity index (χ1) is 17.0. The number of hydrogen-bond acceptors (Lipinski definition) is 6. The van der Waals surface area contributed by atoms with E-state index in [1.165, 1.54) is 12.1 Å². The minimum atomic E-state index is -0.469. The summed E-state index contributed by atoms with van der Waals surface area (Å²) in [6.45, 7) is 1.49. The number of carbonyl (C=O) groups excluding carboxylic acids is 1. The lowest BCUT2D eigenvalue weighted by atomic mass is 10.0. The molecule has 4 aromatic rings. The van der Waals surface area contributed by atoms with E-state index in [0.717, 1.165) is 30.2 Å². The Morgan fingerprint density at radius 1 is 1.00 bits per heavy atom. The standard InChI is InChI=1S/C26H22N4O4S/c31-25-23(21-16-20(30(33)34)10-11-22(21)28-25)24(17-4-2-1-3-5-17)27-19-8-6-18(7-9-19)26(32)29-12-14-35-15-13-29/h1-11,16,28,31H,12-15H2. The fraction of sp³-hybridized carbons (Fsp3) is 0.154. The average Bonchev–Trinajstić information content (AvgIpc) is 3.23. The van der Waals surface area contributed by atoms with Crippen LogP contribution in [0.1, 0.15) is 21.5 Å². The van der Waals surface area contributed by atoms with E-state index in [4.69, 9.17) is 4.99 Å². The molecule has 0 spiro atoms. The van der Waals surface area contributed by atoms with E-state index >= 15 is 0 Å². The minimum Gasteiger partial charge on any atom is -0.494 e. The smallest absolute Gasteiger partial charge is 0.270 e. The van der Waals surface area contributed by atoms with Gasteiger partial charge in [0.15, 0.2) is 5.88 Å². The Kier molecular flexibility index (Phi) is 6.24. The Morgan fingerprint density at radius 3 is 2.40 bits per heavy atom. The van der Waals surface area contributed by atoms with Crippen LogP contribution < -0.4 is 0 Å². The average molecular weight is 487 g/mol. The molecule has 1 aromatic heterocycles. The lowest BCUT2D eigenvalue weighted by Crippen LogP contribution is -2.37. The number of aromatic amines is 1. The van der Waals surface area contributed by atoms with Gasteiger partial charge in [0.25, 0.3) is 11.6 Å². The third-order valence-electron chi connectivity index (χ3n) is 5.91. The second-order valence-corrected chi connectivity index (χ2v) is 9.34. The minimum absolute atomic E-state index is 0.00527. The van der Waals surface area contributed by atoms with Crippen LogP contribution in [0.5, 0.6) is 5.88 Å². The maximum absolute atomic E-state index is 12.8. The van der Waals surface area contributed by atoms with Crippen LogP contribution in [0.15, 0.2) is 77.8 Å². The van der Waals surface area contributed by atoms with Crippen LogP contribution in [0.2, 0.25) is 0 Å². The summed E-state index contributed by atoms with van der Waals surface area (Å²) in [7, 11) is 0. The third-order valence-corrected chi connectivity index (χ3v) is 6.85. The van der Waals surface area contributed by atoms with Gasteiger partial charge in [0, 0.05) is 58.8 Å². The van der Waals surface area contributed by atoms with Gasteiger partial charge >= 0.3 is 0 Å². The molecule has 5 rings (SSSR count). The number of non-ortho nitro benzene ring substituents is 1. The summed E-state index contributed by atoms with van der Waals surface area (Å²) in [6, 6.07) is 20.7. The van der Waals surface area contributed by atoms with Crippen LogP contribution in [-0.4, -0.2) is 56.1 Å². The molecule has 0 bridgehead atoms. The van der Waals surface area contributed by atoms with Crippen molar-refractivity contribution in [3.05, 3.63) is 99.6 Å². The first-order valence-corrected chi connectivity index (χ1v) is 12.3. The van der Waals surface area contributed by atoms with E-state index in [1.54, 1.807) is 30.3 Å². The van der Waals surface area contributed by atoms with Gasteiger partial charge in [-0.1, -0.05) is 30.3 Å². The maximum Gasteiger partial charge on any atom is 0.270 e. The summed E-state index contributed by atoms with van der Waals surface area (Å²) in [5.41, 5.74) is 3.25. The highest BCUT2D eigenvalue weighted by atomic mass is 32.2. The summed E-state index contributed by atoms with van der Waals surface area (Å²) in [5.74, 6) is 1.77. The summed E-state index contributed by atoms with van der Waals surface area (Å²) < 4.78 is 0. The number of nitrogens with one attached hydrogen (secondary N) is 1. The fourth-order valence-electron chi connectivity index (χ4n) is 4.14. The van der Waals surface area contributed by atoms with Gasteiger partial charge in [0.1, 0.15) is 0 Å². The number of aromatic nitrogens is 1. The van der Waals surface area contributed by atoms with E-state index in [9.17, 15) is 20.0 Å². The maximum atomic E-state index is 12.8. The summed E-state index contributed by atoms with van der Waals surface area (Å²) in [6.07, 6.45) is 0. The second kappa shape index (κ2) is 9.63. The van der Waals surface area contributed by atoms with Gasteiger partial charge in [-0.25, -0.2) is 4.99 Å². The molecule has 1 fully saturated rings. The van der Waals surface area contributed by atoms with Crippen LogP contribution >= 0.6 is 11.8 Å². The van der Waals surface area contributed by atoms with Crippen molar-refractivity contribution >= 4 is 45.7 Å². The summed E-state index contributed by atoms with van der Waals surface area (Å²) in [4.78, 5) is 33.3. The van der Waals surface area contributed by atoms with Crippen molar-refractivity contribution in [2.24, 2.45) is 4.99 Å². The number of aromatic hydroxyl groups is 1. The van der Waals surface area contributed by atoms with Crippen molar-refractivity contribution in [3.8, 4) is 5.88 Å². The van der Waals surface area contributed by atoms with Crippen LogP contribution in [0.3, 0.4) is 0 Å². The number of nitro groups is 1. The Bertz CT molecular complexity index is 1430. The number of benzene rings is 3. The SMILES string of the molecule is O=C(c1ccc(N=C(c2ccccc2)c2c(O)[nH]c3ccc([N+](=O)[O-])cc23)cc1)N1CCSCC1. The lowest BCUT2D eigenvalue weighted by molar-refractivity contribution is -0.384. The van der Waals surface area contributed by atoms with Crippen LogP contribution in [0.4, 0.5) is 11.4 Å². The van der Waals surface area contributed by atoms with Crippen molar-refractivity contribution < 1.29 is 14.8 Å². The predicted molar refractivity (Wildman–Crippen MR) is 138 cm³/mol. The molecule has 35 heavy (non-hydrogen) atoms. The summed E-state index contributed by atoms with van der Waals surface area (Å²) in [5, 5.41) is 22.6. The molecule has 3 aromatic carbocycles. The molecular formula is C26H22N4O4S. The Labute approximate surface area is 205 Å². The topological polar surface area (TPSA) is 112 Å². The number of nitro benzene ring substituents is 1. The number of thioether (sulfide) groups is 1. The van der Waals surface area contributed by atoms with E-state index in [0.29, 0.717) is 33.4 Å². The predicted octanol–water partition coefficient (Wildman–Crippen LogP) is 5.14. The quantitative estimate of drug-likeness (QED) is 0.230. The van der Waals surface area contributed by atoms with E-state index < -0.39 is 4.92 Å². The first-order valence-electron chi connectivity index (χ1n) is 11.1. The second-order valence-electron chi connectivity index (χ2n) is 8.11. The lowest BCUT2D eigenvalue weighted by Gasteiger charge is -2.26. The van der Waals surface area contributed by atoms with Crippen LogP contribution in [-0.2, 0) is 0 Å². The molecular weight excluding hydrogens is 464 g/mol. The van der Waals surface area contributed by atoms with Gasteiger partial charge in [-0.05, 0) is 30.3 Å². The van der Waals surface area contributed by atoms with Crippen molar-refractivity contribution in [2.45, 2.75) is 0 Å². The highest BCUT2D eigenvalue weighted by Crippen LogP contribution is 2.33. The molecule has 0 saturated carbocycles. The highest BCUT2D eigenvalue weighted by Gasteiger charge is 2.21. The molecule has 0 unspecified atom stereocenters. The Morgan fingerprint density at radius 2 is 1.71 bits per heavy atom. The van der Waals surface area contributed by atoms with Gasteiger partial charge in [-0.2, -0.15) is 11.8 Å². The van der Waals surface area contributed by atoms with E-state index in [2.05, 4.69) is 4.98 Å². The fourth-order valence-corrected chi connectivity index (χ4v) is 5.04. The van der Waals surface area contributed by atoms with Crippen molar-refractivity contribution in [1.29, 1.82) is 0 Å². The molecule has 0 radical (unpaired) electrons. The van der Waals surface area contributed by atoms with Gasteiger partial charge < -0.3 is 15.0 Å². The Balaban J connectivity index is 1.58. The molecule has 2 heterocycles. The third kappa shape index (κ3) is 4.63. The zero-order valence-corrected chi connectivity index (χ0v) is 19.5. The molecule has 1 amide bonds. The zero-order chi connectivity index (χ0) is 24.4. The number of carbonyl (C=O) groups is 1. The molecule has 9 heteroatoms. The molecule has 1 saturated heterocycles. The number of H-pyrrole nitrogens is 1. The molecule has 2 N–H and O–H groups in total. The van der Waals surface area contributed by atoms with Gasteiger partial charge in [-0.3, -0.25) is 14.9 Å². The van der Waals surface area contributed by atoms with Crippen molar-refractivity contribution in [2.75, 3.05) is 24.6 Å². The van der Waals surface area contributed by atoms with Crippen LogP contribution in [0, 0.1) is 10.1 Å². The molecule has 0 atom stereocenters. The molecule has 1 aliphatic rings. The largest absolute Gasteiger partial charge is 0.494 e. The molecule has 176 valence electrons. The monoisotopic (exact) mass is 486 g/mol. The number of rotatable bonds is 5. The molecule has 0 aliphatic carbocycles. The number of amides is 1. The first kappa shape index (κ1) is 22.7. The number of nitrogens with zero attached hydrogens (tertiary/aromatic N) is 3. The number of hydrogen-bond donors (Lipinski definition) is 2. The van der Waals surface area contributed by atoms with Crippen molar-refractivity contribution in [1.82, 2.24) is 9.88 Å². The van der Waals surface area contributed by atoms with Gasteiger partial charge in [-0.15, -0.1) is 0 Å². The number of fused-ring (bicyclic) bond motifs is 1. The van der Waals surface area contributed by atoms with E-state index in [1.807, 2.05) is 47.0 Å². The highest BCUT2D eigenvalue weighted by molar-refractivity contribution is 7.99. The van der Waals surface area contributed by atoms with Crippen LogP contribution in [0.25, 0.3) is 10.9 Å². The zero-order valence-electron chi connectivity index (χ0n) is 18.7. The normalized spacial score (nSPS) is 14.3. The van der Waals surface area contributed by atoms with Crippen molar-refractivity contribution in [3.63, 3.8) is 0 Å². The van der Waals surface area contributed by atoms with Gasteiger partial charge in [0.05, 0.1) is 21.9 Å². The number of aliphatic imine (C=N–C) groups is 1. The van der Waals surface area contributed by atoms with E-state index in [-0.39, 0.29) is 17.5 Å². The molecule has 1 aliphatic heterocycles. The Hall–Kier alpha value is -4.11. The molecule has 8 nitrogen and oxygen atoms in total. The van der Waals surface area contributed by atoms with Gasteiger partial charge in [0.2, 0.25) is 0 Å². The summed E-state index contributed by atoms with van der Waals surface area (Å²) >= 11 is 1.85.